The van der Waals surface area contributed by atoms with Gasteiger partial charge in [-0.3, -0.25) is 9.59 Å². The van der Waals surface area contributed by atoms with Crippen LogP contribution in [0.4, 0.5) is 4.39 Å². The van der Waals surface area contributed by atoms with Crippen LogP contribution in [0, 0.1) is 12.7 Å². The smallest absolute Gasteiger partial charge is 0.251 e. The lowest BCUT2D eigenvalue weighted by atomic mass is 10.1. The van der Waals surface area contributed by atoms with E-state index in [1.165, 1.54) is 11.0 Å². The molecule has 0 aliphatic rings. The van der Waals surface area contributed by atoms with Crippen LogP contribution in [0.15, 0.2) is 48.5 Å². The van der Waals surface area contributed by atoms with Gasteiger partial charge < -0.3 is 10.2 Å². The molecule has 1 N–H and O–H groups in total. The minimum absolute atomic E-state index is 0.154. The fourth-order valence-electron chi connectivity index (χ4n) is 2.75. The van der Waals surface area contributed by atoms with E-state index in [0.29, 0.717) is 17.5 Å². The predicted octanol–water partition coefficient (Wildman–Crippen LogP) is 3.64. The second kappa shape index (κ2) is 10.1. The number of nitrogens with zero attached hydrogens (tertiary/aromatic N) is 1. The van der Waals surface area contributed by atoms with E-state index in [1.54, 1.807) is 49.1 Å². The van der Waals surface area contributed by atoms with Crippen LogP contribution in [-0.4, -0.2) is 41.8 Å². The van der Waals surface area contributed by atoms with E-state index in [-0.39, 0.29) is 24.2 Å². The fourth-order valence-corrected chi connectivity index (χ4v) is 3.22. The fraction of sp³-hybridized carbons (Fsp3) is 0.333. The van der Waals surface area contributed by atoms with Gasteiger partial charge in [-0.15, -0.1) is 0 Å². The molecule has 2 amide bonds. The summed E-state index contributed by atoms with van der Waals surface area (Å²) in [5, 5.41) is 2.84. The van der Waals surface area contributed by atoms with E-state index in [2.05, 4.69) is 5.32 Å². The number of aryl methyl sites for hydroxylation is 1. The zero-order valence-corrected chi connectivity index (χ0v) is 16.7. The molecule has 0 fully saturated rings. The van der Waals surface area contributed by atoms with Crippen LogP contribution in [-0.2, 0) is 11.3 Å². The van der Waals surface area contributed by atoms with Crippen LogP contribution >= 0.6 is 11.8 Å². The van der Waals surface area contributed by atoms with Gasteiger partial charge in [-0.2, -0.15) is 11.8 Å². The number of halogens is 1. The van der Waals surface area contributed by atoms with Crippen molar-refractivity contribution in [3.05, 3.63) is 71.0 Å². The number of amides is 2. The molecule has 2 aromatic rings. The van der Waals surface area contributed by atoms with Gasteiger partial charge >= 0.3 is 0 Å². The van der Waals surface area contributed by atoms with Crippen LogP contribution in [0.25, 0.3) is 0 Å². The van der Waals surface area contributed by atoms with Crippen molar-refractivity contribution in [1.82, 2.24) is 10.2 Å². The number of thioether (sulfide) groups is 1. The van der Waals surface area contributed by atoms with Crippen molar-refractivity contribution in [2.75, 3.05) is 19.1 Å². The molecule has 2 aromatic carbocycles. The zero-order valence-electron chi connectivity index (χ0n) is 15.9. The minimum atomic E-state index is -0.651. The zero-order chi connectivity index (χ0) is 19.8. The summed E-state index contributed by atoms with van der Waals surface area (Å²) in [5.74, 6) is -0.120. The van der Waals surface area contributed by atoms with E-state index >= 15 is 0 Å². The van der Waals surface area contributed by atoms with Crippen molar-refractivity contribution >= 4 is 23.6 Å². The Morgan fingerprint density at radius 3 is 2.59 bits per heavy atom. The Morgan fingerprint density at radius 2 is 1.93 bits per heavy atom. The summed E-state index contributed by atoms with van der Waals surface area (Å²) < 4.78 is 13.9. The van der Waals surface area contributed by atoms with E-state index in [9.17, 15) is 14.0 Å². The maximum absolute atomic E-state index is 13.9. The Bertz CT molecular complexity index is 797. The first-order valence-corrected chi connectivity index (χ1v) is 10.2. The third kappa shape index (κ3) is 6.10. The van der Waals surface area contributed by atoms with E-state index < -0.39 is 6.04 Å². The lowest BCUT2D eigenvalue weighted by Crippen LogP contribution is -2.47. The van der Waals surface area contributed by atoms with Crippen LogP contribution in [0.3, 0.4) is 0 Å². The topological polar surface area (TPSA) is 49.4 Å². The molecule has 0 saturated carbocycles. The molecule has 0 aliphatic carbocycles. The molecule has 0 heterocycles. The Morgan fingerprint density at radius 1 is 1.19 bits per heavy atom. The van der Waals surface area contributed by atoms with Crippen LogP contribution in [0.1, 0.15) is 27.9 Å². The highest BCUT2D eigenvalue weighted by atomic mass is 32.2. The monoisotopic (exact) mass is 388 g/mol. The summed E-state index contributed by atoms with van der Waals surface area (Å²) in [6.45, 7) is 2.07. The number of rotatable bonds is 8. The van der Waals surface area contributed by atoms with Gasteiger partial charge in [-0.25, -0.2) is 4.39 Å². The Hall–Kier alpha value is -2.34. The second-order valence-electron chi connectivity index (χ2n) is 6.46. The van der Waals surface area contributed by atoms with Crippen molar-refractivity contribution in [2.45, 2.75) is 25.9 Å². The number of hydrogen-bond acceptors (Lipinski definition) is 3. The van der Waals surface area contributed by atoms with Crippen molar-refractivity contribution in [2.24, 2.45) is 0 Å². The first kappa shape index (κ1) is 21.0. The predicted molar refractivity (Wildman–Crippen MR) is 108 cm³/mol. The summed E-state index contributed by atoms with van der Waals surface area (Å²) >= 11 is 1.61. The van der Waals surface area contributed by atoms with Gasteiger partial charge in [0.25, 0.3) is 5.91 Å². The van der Waals surface area contributed by atoms with Gasteiger partial charge in [0.1, 0.15) is 11.9 Å². The quantitative estimate of drug-likeness (QED) is 0.751. The van der Waals surface area contributed by atoms with E-state index in [1.807, 2.05) is 25.3 Å². The van der Waals surface area contributed by atoms with Gasteiger partial charge in [0.15, 0.2) is 0 Å². The van der Waals surface area contributed by atoms with Crippen molar-refractivity contribution in [3.63, 3.8) is 0 Å². The highest BCUT2D eigenvalue weighted by Crippen LogP contribution is 2.12. The first-order valence-electron chi connectivity index (χ1n) is 8.77. The molecular formula is C21H25FN2O2S. The van der Waals surface area contributed by atoms with Crippen molar-refractivity contribution in [3.8, 4) is 0 Å². The summed E-state index contributed by atoms with van der Waals surface area (Å²) in [5.41, 5.74) is 1.95. The van der Waals surface area contributed by atoms with E-state index in [4.69, 9.17) is 0 Å². The molecule has 0 spiro atoms. The maximum atomic E-state index is 13.9. The van der Waals surface area contributed by atoms with Gasteiger partial charge in [0, 0.05) is 24.7 Å². The Kier molecular flexibility index (Phi) is 7.85. The summed E-state index contributed by atoms with van der Waals surface area (Å²) in [6.07, 6.45) is 2.46. The molecule has 1 atom stereocenters. The van der Waals surface area contributed by atoms with Gasteiger partial charge in [0.2, 0.25) is 5.91 Å². The molecule has 4 nitrogen and oxygen atoms in total. The van der Waals surface area contributed by atoms with Gasteiger partial charge in [-0.05, 0) is 43.6 Å². The van der Waals surface area contributed by atoms with Gasteiger partial charge in [0.05, 0.1) is 0 Å². The highest BCUT2D eigenvalue weighted by Gasteiger charge is 2.24. The number of carbonyl (C=O) groups is 2. The molecule has 0 saturated heterocycles. The number of nitrogens with one attached hydrogen (secondary N) is 1. The molecule has 2 rings (SSSR count). The normalized spacial score (nSPS) is 11.7. The molecule has 144 valence electrons. The largest absolute Gasteiger partial charge is 0.340 e. The molecule has 0 bridgehead atoms. The lowest BCUT2D eigenvalue weighted by molar-refractivity contribution is -0.132. The average molecular weight is 389 g/mol. The summed E-state index contributed by atoms with van der Waals surface area (Å²) in [4.78, 5) is 26.9. The highest BCUT2D eigenvalue weighted by molar-refractivity contribution is 7.98. The van der Waals surface area contributed by atoms with Gasteiger partial charge in [-0.1, -0.05) is 35.9 Å². The van der Waals surface area contributed by atoms with Crippen LogP contribution in [0.2, 0.25) is 0 Å². The molecule has 1 unspecified atom stereocenters. The third-order valence-electron chi connectivity index (χ3n) is 4.24. The van der Waals surface area contributed by atoms with Crippen LogP contribution < -0.4 is 5.32 Å². The molecular weight excluding hydrogens is 363 g/mol. The Labute approximate surface area is 164 Å². The lowest BCUT2D eigenvalue weighted by Gasteiger charge is -2.25. The van der Waals surface area contributed by atoms with Crippen LogP contribution in [0.5, 0.6) is 0 Å². The average Bonchev–Trinajstić information content (AvgIpc) is 2.66. The van der Waals surface area contributed by atoms with Crippen molar-refractivity contribution < 1.29 is 14.0 Å². The molecule has 6 heteroatoms. The van der Waals surface area contributed by atoms with E-state index in [0.717, 1.165) is 11.3 Å². The standard InChI is InChI=1S/C21H25FN2O2S/c1-15-7-6-9-16(13-15)20(25)23-19(11-12-27-3)21(26)24(2)14-17-8-4-5-10-18(17)22/h4-10,13,19H,11-12,14H2,1-3H3,(H,23,25). The molecule has 27 heavy (non-hydrogen) atoms. The first-order chi connectivity index (χ1) is 12.9. The Balaban J connectivity index is 2.10. The SMILES string of the molecule is CSCCC(NC(=O)c1cccc(C)c1)C(=O)N(C)Cc1ccccc1F. The molecule has 0 aromatic heterocycles. The second-order valence-corrected chi connectivity index (χ2v) is 7.45. The minimum Gasteiger partial charge on any atom is -0.340 e. The number of hydrogen-bond donors (Lipinski definition) is 1. The number of benzene rings is 2. The molecule has 0 aliphatic heterocycles. The maximum Gasteiger partial charge on any atom is 0.251 e. The number of likely N-dealkylation sites (N-methyl/N-ethyl adjacent to an activating group) is 1. The van der Waals surface area contributed by atoms with Crippen molar-refractivity contribution in [1.29, 1.82) is 0 Å². The third-order valence-corrected chi connectivity index (χ3v) is 4.88. The molecule has 0 radical (unpaired) electrons. The summed E-state index contributed by atoms with van der Waals surface area (Å²) in [7, 11) is 1.62. The number of carbonyl (C=O) groups excluding carboxylic acids is 2. The summed E-state index contributed by atoms with van der Waals surface area (Å²) in [6, 6.07) is 13.0.